The lowest BCUT2D eigenvalue weighted by molar-refractivity contribution is -0.204. The van der Waals surface area contributed by atoms with Crippen LogP contribution < -0.4 is 4.90 Å². The second-order valence-electron chi connectivity index (χ2n) is 18.9. The maximum absolute atomic E-state index is 16.3. The highest BCUT2D eigenvalue weighted by Crippen LogP contribution is 2.52. The molecule has 1 fully saturated rings. The topological polar surface area (TPSA) is 185 Å². The van der Waals surface area contributed by atoms with Crippen molar-refractivity contribution in [1.29, 1.82) is 0 Å². The fourth-order valence-corrected chi connectivity index (χ4v) is 9.20. The van der Waals surface area contributed by atoms with Crippen molar-refractivity contribution in [2.75, 3.05) is 38.8 Å². The van der Waals surface area contributed by atoms with Crippen LogP contribution in [0.2, 0.25) is 0 Å². The number of aromatic nitrogens is 4. The molecule has 3 heterocycles. The average Bonchev–Trinajstić information content (AvgIpc) is 3.78. The second-order valence-corrected chi connectivity index (χ2v) is 20.4. The summed E-state index contributed by atoms with van der Waals surface area (Å²) in [6.07, 6.45) is 25.8. The smallest absolute Gasteiger partial charge is 0.462 e. The zero-order valence-corrected chi connectivity index (χ0v) is 42.7. The minimum absolute atomic E-state index is 0.0888. The summed E-state index contributed by atoms with van der Waals surface area (Å²) < 4.78 is 73.2. The quantitative estimate of drug-likeness (QED) is 0.0366. The van der Waals surface area contributed by atoms with Gasteiger partial charge in [-0.3, -0.25) is 23.2 Å². The van der Waals surface area contributed by atoms with Crippen molar-refractivity contribution in [3.63, 3.8) is 0 Å². The highest BCUT2D eigenvalue weighted by molar-refractivity contribution is 7.47. The highest BCUT2D eigenvalue weighted by atomic mass is 31.2. The van der Waals surface area contributed by atoms with E-state index < -0.39 is 69.5 Å². The maximum atomic E-state index is 16.3. The predicted octanol–water partition coefficient (Wildman–Crippen LogP) is 12.0. The number of anilines is 1. The number of halogens is 2. The summed E-state index contributed by atoms with van der Waals surface area (Å²) in [5.74, 6) is -3.70. The molecule has 1 aliphatic heterocycles. The standard InChI is InChI=1S/C49H86F2N5O10P/c1-7-9-11-13-15-17-19-21-23-25-27-29-31-33-41(57)62-35-40(65-42(58)34-32-30-28-26-24-22-20-18-16-14-12-10-8-2)36-63-67(60,61)64-37-49(51)46(59)48(4,50)47(66-49)56-38-52-43-44(55(5)6)53-39(3)54-45(43)56/h38,40,46-47,59H,7-37H2,1-6H3,(H,60,61)/t40?,46-,47+,48+,49+/m0/s1. The van der Waals surface area contributed by atoms with Crippen LogP contribution in [0.15, 0.2) is 6.33 Å². The second kappa shape index (κ2) is 31.4. The van der Waals surface area contributed by atoms with E-state index in [-0.39, 0.29) is 24.0 Å². The van der Waals surface area contributed by atoms with Crippen LogP contribution in [0.1, 0.15) is 213 Å². The monoisotopic (exact) mass is 974 g/mol. The van der Waals surface area contributed by atoms with Gasteiger partial charge in [0.05, 0.1) is 12.9 Å². The Balaban J connectivity index is 1.49. The largest absolute Gasteiger partial charge is 0.472 e. The van der Waals surface area contributed by atoms with Crippen molar-refractivity contribution < 1.29 is 56.2 Å². The minimum atomic E-state index is -5.17. The molecule has 2 unspecified atom stereocenters. The van der Waals surface area contributed by atoms with Crippen LogP contribution in [-0.4, -0.2) is 99.1 Å². The fourth-order valence-electron chi connectivity index (χ4n) is 8.43. The number of aliphatic hydroxyl groups excluding tert-OH is 1. The Morgan fingerprint density at radius 1 is 0.761 bits per heavy atom. The number of carbonyl (C=O) groups excluding carboxylic acids is 2. The van der Waals surface area contributed by atoms with E-state index in [0.717, 1.165) is 56.4 Å². The van der Waals surface area contributed by atoms with E-state index in [9.17, 15) is 24.2 Å². The number of hydrogen-bond donors (Lipinski definition) is 2. The van der Waals surface area contributed by atoms with Gasteiger partial charge in [0.15, 0.2) is 41.1 Å². The number of aliphatic hydroxyl groups is 1. The van der Waals surface area contributed by atoms with Crippen LogP contribution >= 0.6 is 7.82 Å². The van der Waals surface area contributed by atoms with Crippen molar-refractivity contribution in [3.8, 4) is 0 Å². The molecule has 0 radical (unpaired) electrons. The summed E-state index contributed by atoms with van der Waals surface area (Å²) in [6.45, 7) is 4.38. The number of ether oxygens (including phenoxy) is 3. The number of nitrogens with zero attached hydrogens (tertiary/aromatic N) is 5. The molecule has 1 aliphatic rings. The van der Waals surface area contributed by atoms with Gasteiger partial charge in [-0.15, -0.1) is 0 Å². The van der Waals surface area contributed by atoms with E-state index in [4.69, 9.17) is 23.3 Å². The molecule has 3 rings (SSSR count). The Morgan fingerprint density at radius 2 is 1.22 bits per heavy atom. The van der Waals surface area contributed by atoms with Crippen molar-refractivity contribution in [3.05, 3.63) is 12.2 Å². The van der Waals surface area contributed by atoms with E-state index in [0.29, 0.717) is 24.5 Å². The third-order valence-electron chi connectivity index (χ3n) is 12.5. The third-order valence-corrected chi connectivity index (χ3v) is 13.4. The van der Waals surface area contributed by atoms with Gasteiger partial charge in [0.25, 0.3) is 5.85 Å². The summed E-state index contributed by atoms with van der Waals surface area (Å²) in [5, 5.41) is 10.9. The number of imidazole rings is 1. The molecular formula is C49H86F2N5O10P. The molecule has 2 N–H and O–H groups in total. The molecule has 15 nitrogen and oxygen atoms in total. The maximum Gasteiger partial charge on any atom is 0.472 e. The van der Waals surface area contributed by atoms with E-state index in [1.54, 1.807) is 25.9 Å². The Morgan fingerprint density at radius 3 is 1.70 bits per heavy atom. The van der Waals surface area contributed by atoms with Gasteiger partial charge in [-0.25, -0.2) is 28.3 Å². The zero-order valence-electron chi connectivity index (χ0n) is 41.8. The van der Waals surface area contributed by atoms with E-state index >= 15 is 8.78 Å². The lowest BCUT2D eigenvalue weighted by atomic mass is 9.97. The summed E-state index contributed by atoms with van der Waals surface area (Å²) in [6, 6.07) is 0. The number of alkyl halides is 2. The molecule has 18 heteroatoms. The van der Waals surface area contributed by atoms with E-state index in [1.807, 2.05) is 0 Å². The van der Waals surface area contributed by atoms with Gasteiger partial charge in [0.1, 0.15) is 19.0 Å². The Bertz CT molecular complexity index is 1750. The molecule has 0 spiro atoms. The molecule has 6 atom stereocenters. The van der Waals surface area contributed by atoms with Crippen LogP contribution in [0.25, 0.3) is 11.2 Å². The van der Waals surface area contributed by atoms with Gasteiger partial charge in [-0.1, -0.05) is 168 Å². The first kappa shape index (κ1) is 58.5. The molecule has 1 saturated heterocycles. The third kappa shape index (κ3) is 21.4. The van der Waals surface area contributed by atoms with Crippen LogP contribution in [0.3, 0.4) is 0 Å². The van der Waals surface area contributed by atoms with Crippen LogP contribution in [0, 0.1) is 6.92 Å². The molecule has 386 valence electrons. The van der Waals surface area contributed by atoms with Crippen molar-refractivity contribution in [2.45, 2.75) is 237 Å². The molecule has 0 amide bonds. The van der Waals surface area contributed by atoms with Gasteiger partial charge < -0.3 is 29.1 Å². The number of phosphoric acid groups is 1. The summed E-state index contributed by atoms with van der Waals surface area (Å²) >= 11 is 0. The summed E-state index contributed by atoms with van der Waals surface area (Å²) in [4.78, 5) is 50.9. The molecular weight excluding hydrogens is 888 g/mol. The van der Waals surface area contributed by atoms with Gasteiger partial charge in [0, 0.05) is 26.9 Å². The Kier molecular flexibility index (Phi) is 27.4. The lowest BCUT2D eigenvalue weighted by Gasteiger charge is -2.26. The summed E-state index contributed by atoms with van der Waals surface area (Å²) in [5.41, 5.74) is -2.42. The highest BCUT2D eigenvalue weighted by Gasteiger charge is 2.65. The zero-order chi connectivity index (χ0) is 49.1. The number of carbonyl (C=O) groups is 2. The van der Waals surface area contributed by atoms with Crippen LogP contribution in [0.4, 0.5) is 14.6 Å². The average molecular weight is 974 g/mol. The Labute approximate surface area is 399 Å². The number of hydrogen-bond acceptors (Lipinski definition) is 13. The van der Waals surface area contributed by atoms with E-state index in [1.165, 1.54) is 115 Å². The summed E-state index contributed by atoms with van der Waals surface area (Å²) in [7, 11) is -1.71. The number of aryl methyl sites for hydroxylation is 1. The van der Waals surface area contributed by atoms with Gasteiger partial charge in [-0.2, -0.15) is 0 Å². The van der Waals surface area contributed by atoms with Gasteiger partial charge in [-0.05, 0) is 26.7 Å². The molecule has 67 heavy (non-hydrogen) atoms. The molecule has 0 bridgehead atoms. The minimum Gasteiger partial charge on any atom is -0.462 e. The van der Waals surface area contributed by atoms with E-state index in [2.05, 4.69) is 28.8 Å². The molecule has 0 aromatic carbocycles. The molecule has 0 aliphatic carbocycles. The molecule has 2 aromatic heterocycles. The van der Waals surface area contributed by atoms with Crippen molar-refractivity contribution in [1.82, 2.24) is 19.5 Å². The van der Waals surface area contributed by atoms with Crippen molar-refractivity contribution in [2.24, 2.45) is 0 Å². The van der Waals surface area contributed by atoms with Gasteiger partial charge >= 0.3 is 19.8 Å². The first-order chi connectivity index (χ1) is 32.0. The normalized spacial score (nSPS) is 20.9. The lowest BCUT2D eigenvalue weighted by Crippen LogP contribution is -2.46. The first-order valence-electron chi connectivity index (χ1n) is 25.6. The fraction of sp³-hybridized carbons (Fsp3) is 0.857. The molecule has 0 saturated carbocycles. The van der Waals surface area contributed by atoms with Crippen LogP contribution in [0.5, 0.6) is 0 Å². The number of rotatable bonds is 39. The number of unbranched alkanes of at least 4 members (excludes halogenated alkanes) is 24. The number of esters is 2. The first-order valence-corrected chi connectivity index (χ1v) is 27.1. The predicted molar refractivity (Wildman–Crippen MR) is 257 cm³/mol. The number of phosphoric ester groups is 1. The van der Waals surface area contributed by atoms with Crippen LogP contribution in [-0.2, 0) is 37.4 Å². The Hall–Kier alpha value is -2.82. The molecule has 2 aromatic rings. The van der Waals surface area contributed by atoms with Crippen molar-refractivity contribution >= 4 is 36.7 Å². The van der Waals surface area contributed by atoms with Gasteiger partial charge in [0.2, 0.25) is 0 Å². The number of fused-ring (bicyclic) bond motifs is 1. The SMILES string of the molecule is CCCCCCCCCCCCCCCC(=O)OCC(COP(=O)(O)OC[C@@]1(F)O[C@@H](n2cnc3c(N(C)C)nc(C)nc32)[C@](C)(F)[C@@H]1O)OC(=O)CCCCCCCCCCCCCCC.